The Balaban J connectivity index is 1.50. The Morgan fingerprint density at radius 3 is 2.65 bits per heavy atom. The van der Waals surface area contributed by atoms with Gasteiger partial charge in [-0.15, -0.1) is 0 Å². The van der Waals surface area contributed by atoms with Crippen molar-refractivity contribution in [2.45, 2.75) is 57.3 Å². The van der Waals surface area contributed by atoms with Gasteiger partial charge in [-0.05, 0) is 46.1 Å². The lowest BCUT2D eigenvalue weighted by molar-refractivity contribution is -0.000290. The number of nitrogens with one attached hydrogen (secondary N) is 1. The number of ether oxygens (including phenoxy) is 3. The molecule has 2 saturated heterocycles. The molecule has 2 aromatic rings. The lowest BCUT2D eigenvalue weighted by Crippen LogP contribution is -2.49. The van der Waals surface area contributed by atoms with Gasteiger partial charge in [-0.1, -0.05) is 0 Å². The summed E-state index contributed by atoms with van der Waals surface area (Å²) in [4.78, 5) is 37.7. The molecular weight excluding hydrogens is 492 g/mol. The van der Waals surface area contributed by atoms with Gasteiger partial charge in [0.05, 0.1) is 23.6 Å². The number of fused-ring (bicyclic) bond motifs is 2. The largest absolute Gasteiger partial charge is 0.511 e. The first kappa shape index (κ1) is 25.2. The zero-order valence-corrected chi connectivity index (χ0v) is 20.8. The number of hydrogen-bond acceptors (Lipinski definition) is 7. The molecule has 2 atom stereocenters. The number of benzene rings is 1. The van der Waals surface area contributed by atoms with Crippen LogP contribution in [-0.4, -0.2) is 59.4 Å². The predicted molar refractivity (Wildman–Crippen MR) is 128 cm³/mol. The molecule has 12 heteroatoms. The summed E-state index contributed by atoms with van der Waals surface area (Å²) in [5, 5.41) is 11.4. The topological polar surface area (TPSA) is 119 Å². The molecule has 1 aromatic carbocycles. The first-order valence-corrected chi connectivity index (χ1v) is 12.2. The summed E-state index contributed by atoms with van der Waals surface area (Å²) in [5.74, 6) is -2.45. The first-order chi connectivity index (χ1) is 17.4. The van der Waals surface area contributed by atoms with Gasteiger partial charge in [0.25, 0.3) is 0 Å². The van der Waals surface area contributed by atoms with Gasteiger partial charge in [0.2, 0.25) is 5.43 Å². The lowest BCUT2D eigenvalue weighted by atomic mass is 9.91. The number of carbonyl (C=O) groups excluding carboxylic acids is 1. The van der Waals surface area contributed by atoms with E-state index in [0.29, 0.717) is 32.4 Å². The van der Waals surface area contributed by atoms with E-state index in [9.17, 15) is 14.4 Å². The zero-order chi connectivity index (χ0) is 26.7. The molecule has 0 spiro atoms. The Kier molecular flexibility index (Phi) is 6.05. The van der Waals surface area contributed by atoms with Crippen LogP contribution in [0.15, 0.2) is 17.1 Å². The molecule has 1 amide bonds. The summed E-state index contributed by atoms with van der Waals surface area (Å²) >= 11 is 0. The number of aromatic nitrogens is 1. The van der Waals surface area contributed by atoms with Crippen LogP contribution in [0.4, 0.5) is 24.1 Å². The fourth-order valence-corrected chi connectivity index (χ4v) is 5.33. The van der Waals surface area contributed by atoms with Crippen molar-refractivity contribution in [2.24, 2.45) is 5.92 Å². The van der Waals surface area contributed by atoms with Crippen LogP contribution in [0.2, 0.25) is 0 Å². The number of anilines is 1. The number of carboxylic acid groups (broad SMARTS) is 1. The Morgan fingerprint density at radius 2 is 2.00 bits per heavy atom. The fraction of sp³-hybridized carbons (Fsp3) is 0.560. The Hall–Kier alpha value is -3.41. The monoisotopic (exact) mass is 521 g/mol. The van der Waals surface area contributed by atoms with Crippen LogP contribution < -0.4 is 20.4 Å². The maximum Gasteiger partial charge on any atom is 0.511 e. The number of carbonyl (C=O) groups is 2. The number of halogens is 2. The summed E-state index contributed by atoms with van der Waals surface area (Å²) in [6.45, 7) is 6.25. The zero-order valence-electron chi connectivity index (χ0n) is 20.8. The first-order valence-electron chi connectivity index (χ1n) is 12.2. The Bertz CT molecular complexity index is 1330. The van der Waals surface area contributed by atoms with Gasteiger partial charge in [0.15, 0.2) is 11.6 Å². The third kappa shape index (κ3) is 4.70. The highest BCUT2D eigenvalue weighted by atomic mass is 19.1. The molecule has 10 nitrogen and oxygen atoms in total. The van der Waals surface area contributed by atoms with E-state index < -0.39 is 46.3 Å². The maximum absolute atomic E-state index is 16.1. The lowest BCUT2D eigenvalue weighted by Gasteiger charge is -2.30. The minimum absolute atomic E-state index is 0.0890. The van der Waals surface area contributed by atoms with Gasteiger partial charge >= 0.3 is 12.2 Å². The van der Waals surface area contributed by atoms with Gasteiger partial charge in [0.1, 0.15) is 22.7 Å². The van der Waals surface area contributed by atoms with E-state index in [2.05, 4.69) is 10.1 Å². The fourth-order valence-electron chi connectivity index (χ4n) is 5.33. The van der Waals surface area contributed by atoms with E-state index in [1.807, 2.05) is 0 Å². The molecule has 2 unspecified atom stereocenters. The Morgan fingerprint density at radius 1 is 1.27 bits per heavy atom. The van der Waals surface area contributed by atoms with Gasteiger partial charge in [-0.3, -0.25) is 4.79 Å². The van der Waals surface area contributed by atoms with E-state index >= 15 is 8.78 Å². The molecule has 200 valence electrons. The number of pyridine rings is 1. The van der Waals surface area contributed by atoms with Gasteiger partial charge in [-0.2, -0.15) is 0 Å². The highest BCUT2D eigenvalue weighted by molar-refractivity contribution is 5.86. The quantitative estimate of drug-likeness (QED) is 0.571. The molecule has 5 rings (SSSR count). The van der Waals surface area contributed by atoms with Crippen molar-refractivity contribution < 1.29 is 37.7 Å². The predicted octanol–water partition coefficient (Wildman–Crippen LogP) is 3.79. The number of nitrogens with zero attached hydrogens (tertiary/aromatic N) is 2. The van der Waals surface area contributed by atoms with Crippen LogP contribution >= 0.6 is 0 Å². The van der Waals surface area contributed by atoms with Crippen molar-refractivity contribution in [3.8, 4) is 5.75 Å². The second kappa shape index (κ2) is 8.86. The normalized spacial score (nSPS) is 23.3. The molecule has 2 N–H and O–H groups in total. The molecule has 3 fully saturated rings. The SMILES string of the molecule is CC(C)(C)OC(=O)NCC12CN(c3c(F)cc4c(=O)c(OC(=O)O)cn(C5CC5)c4c3F)CC1CCO2. The minimum atomic E-state index is -1.69. The van der Waals surface area contributed by atoms with Crippen molar-refractivity contribution in [3.05, 3.63) is 34.1 Å². The van der Waals surface area contributed by atoms with E-state index in [-0.39, 0.29) is 41.6 Å². The van der Waals surface area contributed by atoms with Gasteiger partial charge in [-0.25, -0.2) is 18.4 Å². The molecule has 1 aromatic heterocycles. The summed E-state index contributed by atoms with van der Waals surface area (Å²) in [7, 11) is 0. The van der Waals surface area contributed by atoms with Crippen LogP contribution in [0, 0.1) is 17.6 Å². The summed E-state index contributed by atoms with van der Waals surface area (Å²) in [6, 6.07) is 0.780. The Labute approximate surface area is 211 Å². The summed E-state index contributed by atoms with van der Waals surface area (Å²) < 4.78 is 48.9. The molecule has 37 heavy (non-hydrogen) atoms. The van der Waals surface area contributed by atoms with E-state index in [1.54, 1.807) is 25.7 Å². The molecule has 0 bridgehead atoms. The smallest absolute Gasteiger partial charge is 0.449 e. The van der Waals surface area contributed by atoms with E-state index in [4.69, 9.17) is 14.6 Å². The molecule has 0 radical (unpaired) electrons. The molecule has 1 aliphatic carbocycles. The molecule has 1 saturated carbocycles. The van der Waals surface area contributed by atoms with Crippen molar-refractivity contribution >= 4 is 28.8 Å². The number of amides is 1. The van der Waals surface area contributed by atoms with Crippen molar-refractivity contribution in [1.29, 1.82) is 0 Å². The third-order valence-corrected chi connectivity index (χ3v) is 7.03. The van der Waals surface area contributed by atoms with Crippen LogP contribution in [0.5, 0.6) is 5.75 Å². The molecular formula is C25H29F2N3O7. The van der Waals surface area contributed by atoms with Crippen molar-refractivity contribution in [2.75, 3.05) is 31.1 Å². The van der Waals surface area contributed by atoms with Crippen LogP contribution in [0.3, 0.4) is 0 Å². The number of hydrogen-bond donors (Lipinski definition) is 2. The van der Waals surface area contributed by atoms with Crippen molar-refractivity contribution in [3.63, 3.8) is 0 Å². The maximum atomic E-state index is 16.1. The van der Waals surface area contributed by atoms with Gasteiger partial charge in [0, 0.05) is 31.7 Å². The molecule has 3 aliphatic rings. The van der Waals surface area contributed by atoms with Crippen LogP contribution in [0.1, 0.15) is 46.1 Å². The van der Waals surface area contributed by atoms with Crippen molar-refractivity contribution in [1.82, 2.24) is 9.88 Å². The standard InChI is InChI=1S/C25H29F2N3O7/c1-24(2,3)37-22(32)28-11-25-12-29(9-13(25)6-7-35-25)20-16(26)8-15-19(18(20)27)30(14-4-5-14)10-17(21(15)31)36-23(33)34/h8,10,13-14H,4-7,9,11-12H2,1-3H3,(H,28,32)(H,33,34). The number of rotatable bonds is 5. The second-order valence-corrected chi connectivity index (χ2v) is 10.9. The highest BCUT2D eigenvalue weighted by Gasteiger charge is 2.52. The van der Waals surface area contributed by atoms with E-state index in [1.165, 1.54) is 10.8 Å². The number of alkyl carbamates (subject to hydrolysis) is 1. The van der Waals surface area contributed by atoms with E-state index in [0.717, 1.165) is 6.07 Å². The van der Waals surface area contributed by atoms with Crippen LogP contribution in [0.25, 0.3) is 10.9 Å². The van der Waals surface area contributed by atoms with Crippen LogP contribution in [-0.2, 0) is 9.47 Å². The average molecular weight is 522 g/mol. The second-order valence-electron chi connectivity index (χ2n) is 10.9. The molecule has 3 heterocycles. The molecule has 2 aliphatic heterocycles. The highest BCUT2D eigenvalue weighted by Crippen LogP contribution is 2.44. The minimum Gasteiger partial charge on any atom is -0.449 e. The third-order valence-electron chi connectivity index (χ3n) is 7.03. The summed E-state index contributed by atoms with van der Waals surface area (Å²) in [6.07, 6.45) is 0.947. The summed E-state index contributed by atoms with van der Waals surface area (Å²) in [5.41, 5.74) is -2.81. The van der Waals surface area contributed by atoms with Gasteiger partial charge < -0.3 is 34.1 Å². The average Bonchev–Trinajstić information content (AvgIpc) is 3.46.